The zero-order chi connectivity index (χ0) is 12.5. The molecule has 0 radical (unpaired) electrons. The van der Waals surface area contributed by atoms with E-state index in [-0.39, 0.29) is 0 Å². The fourth-order valence-electron chi connectivity index (χ4n) is 2.37. The highest BCUT2D eigenvalue weighted by Crippen LogP contribution is 2.35. The maximum atomic E-state index is 5.18. The number of ether oxygens (including phenoxy) is 1. The average molecular weight is 304 g/mol. The van der Waals surface area contributed by atoms with Crippen LogP contribution in [0.15, 0.2) is 46.9 Å². The van der Waals surface area contributed by atoms with Crippen LogP contribution >= 0.6 is 15.9 Å². The van der Waals surface area contributed by atoms with Crippen molar-refractivity contribution in [3.05, 3.63) is 58.1 Å². The SMILES string of the molecule is COc1ccc(C2Cc3cc(Br)ccc3N2)cc1. The van der Waals surface area contributed by atoms with Gasteiger partial charge in [-0.3, -0.25) is 0 Å². The second-order valence-electron chi connectivity index (χ2n) is 4.48. The van der Waals surface area contributed by atoms with Gasteiger partial charge in [-0.15, -0.1) is 0 Å². The summed E-state index contributed by atoms with van der Waals surface area (Å²) in [7, 11) is 1.69. The van der Waals surface area contributed by atoms with Gasteiger partial charge in [0.15, 0.2) is 0 Å². The van der Waals surface area contributed by atoms with Crippen molar-refractivity contribution in [3.8, 4) is 5.75 Å². The molecule has 3 heteroatoms. The highest BCUT2D eigenvalue weighted by molar-refractivity contribution is 9.10. The molecular weight excluding hydrogens is 290 g/mol. The van der Waals surface area contributed by atoms with Gasteiger partial charge >= 0.3 is 0 Å². The van der Waals surface area contributed by atoms with Crippen molar-refractivity contribution in [2.24, 2.45) is 0 Å². The van der Waals surface area contributed by atoms with E-state index in [0.29, 0.717) is 6.04 Å². The van der Waals surface area contributed by atoms with Gasteiger partial charge in [-0.2, -0.15) is 0 Å². The molecule has 2 aromatic rings. The molecule has 1 N–H and O–H groups in total. The zero-order valence-electron chi connectivity index (χ0n) is 10.1. The van der Waals surface area contributed by atoms with E-state index in [1.807, 2.05) is 12.1 Å². The molecule has 18 heavy (non-hydrogen) atoms. The van der Waals surface area contributed by atoms with Crippen molar-refractivity contribution in [1.29, 1.82) is 0 Å². The van der Waals surface area contributed by atoms with Crippen LogP contribution in [-0.4, -0.2) is 7.11 Å². The molecule has 0 saturated heterocycles. The number of benzene rings is 2. The van der Waals surface area contributed by atoms with E-state index in [1.165, 1.54) is 16.8 Å². The van der Waals surface area contributed by atoms with Crippen LogP contribution in [-0.2, 0) is 6.42 Å². The third-order valence-electron chi connectivity index (χ3n) is 3.34. The minimum absolute atomic E-state index is 0.361. The molecule has 1 aliphatic rings. The maximum absolute atomic E-state index is 5.18. The molecule has 0 fully saturated rings. The molecule has 3 rings (SSSR count). The Morgan fingerprint density at radius 1 is 1.17 bits per heavy atom. The minimum Gasteiger partial charge on any atom is -0.497 e. The molecule has 0 bridgehead atoms. The van der Waals surface area contributed by atoms with Crippen molar-refractivity contribution >= 4 is 21.6 Å². The number of fused-ring (bicyclic) bond motifs is 1. The fourth-order valence-corrected chi connectivity index (χ4v) is 2.78. The van der Waals surface area contributed by atoms with E-state index in [9.17, 15) is 0 Å². The largest absolute Gasteiger partial charge is 0.497 e. The van der Waals surface area contributed by atoms with Crippen LogP contribution in [0.25, 0.3) is 0 Å². The summed E-state index contributed by atoms with van der Waals surface area (Å²) in [5, 5.41) is 3.55. The van der Waals surface area contributed by atoms with E-state index in [4.69, 9.17) is 4.74 Å². The van der Waals surface area contributed by atoms with Crippen molar-refractivity contribution in [2.45, 2.75) is 12.5 Å². The molecule has 1 atom stereocenters. The van der Waals surface area contributed by atoms with Crippen LogP contribution in [0.5, 0.6) is 5.75 Å². The van der Waals surface area contributed by atoms with E-state index in [1.54, 1.807) is 7.11 Å². The van der Waals surface area contributed by atoms with Gasteiger partial charge in [-0.25, -0.2) is 0 Å². The van der Waals surface area contributed by atoms with Crippen LogP contribution < -0.4 is 10.1 Å². The number of hydrogen-bond acceptors (Lipinski definition) is 2. The number of halogens is 1. The second-order valence-corrected chi connectivity index (χ2v) is 5.39. The molecule has 92 valence electrons. The molecule has 1 heterocycles. The number of methoxy groups -OCH3 is 1. The maximum Gasteiger partial charge on any atom is 0.118 e. The first-order valence-electron chi connectivity index (χ1n) is 5.95. The highest BCUT2D eigenvalue weighted by Gasteiger charge is 2.21. The number of rotatable bonds is 2. The average Bonchev–Trinajstić information content (AvgIpc) is 2.81. The standard InChI is InChI=1S/C15H14BrNO/c1-18-13-5-2-10(3-6-13)15-9-11-8-12(16)4-7-14(11)17-15/h2-8,15,17H,9H2,1H3. The number of anilines is 1. The predicted molar refractivity (Wildman–Crippen MR) is 77.2 cm³/mol. The van der Waals surface area contributed by atoms with E-state index < -0.39 is 0 Å². The van der Waals surface area contributed by atoms with Gasteiger partial charge < -0.3 is 10.1 Å². The summed E-state index contributed by atoms with van der Waals surface area (Å²) in [4.78, 5) is 0. The van der Waals surface area contributed by atoms with Crippen LogP contribution in [0.1, 0.15) is 17.2 Å². The minimum atomic E-state index is 0.361. The summed E-state index contributed by atoms with van der Waals surface area (Å²) < 4.78 is 6.32. The Bertz CT molecular complexity index is 565. The van der Waals surface area contributed by atoms with Gasteiger partial charge in [0.25, 0.3) is 0 Å². The van der Waals surface area contributed by atoms with E-state index in [2.05, 4.69) is 51.6 Å². The monoisotopic (exact) mass is 303 g/mol. The van der Waals surface area contributed by atoms with Gasteiger partial charge in [0, 0.05) is 10.2 Å². The Balaban J connectivity index is 1.84. The summed E-state index contributed by atoms with van der Waals surface area (Å²) in [6.45, 7) is 0. The topological polar surface area (TPSA) is 21.3 Å². The summed E-state index contributed by atoms with van der Waals surface area (Å²) in [5.41, 5.74) is 3.90. The van der Waals surface area contributed by atoms with Crippen LogP contribution in [0.3, 0.4) is 0 Å². The van der Waals surface area contributed by atoms with Crippen molar-refractivity contribution in [3.63, 3.8) is 0 Å². The molecule has 0 aliphatic carbocycles. The van der Waals surface area contributed by atoms with Gasteiger partial charge in [-0.05, 0) is 47.9 Å². The van der Waals surface area contributed by atoms with Gasteiger partial charge in [0.2, 0.25) is 0 Å². The Morgan fingerprint density at radius 2 is 1.94 bits per heavy atom. The normalized spacial score (nSPS) is 17.1. The first kappa shape index (κ1) is 11.6. The highest BCUT2D eigenvalue weighted by atomic mass is 79.9. The molecule has 0 spiro atoms. The Kier molecular flexibility index (Phi) is 3.00. The van der Waals surface area contributed by atoms with Crippen molar-refractivity contribution in [1.82, 2.24) is 0 Å². The number of hydrogen-bond donors (Lipinski definition) is 1. The molecule has 2 aromatic carbocycles. The second kappa shape index (κ2) is 4.65. The summed E-state index contributed by atoms with van der Waals surface area (Å²) in [5.74, 6) is 0.900. The van der Waals surface area contributed by atoms with Crippen LogP contribution in [0.4, 0.5) is 5.69 Å². The van der Waals surface area contributed by atoms with Gasteiger partial charge in [0.1, 0.15) is 5.75 Å². The van der Waals surface area contributed by atoms with Gasteiger partial charge in [0.05, 0.1) is 13.2 Å². The molecule has 1 unspecified atom stereocenters. The molecule has 0 amide bonds. The Labute approximate surface area is 115 Å². The molecule has 1 aliphatic heterocycles. The quantitative estimate of drug-likeness (QED) is 0.899. The van der Waals surface area contributed by atoms with Crippen molar-refractivity contribution < 1.29 is 4.74 Å². The van der Waals surface area contributed by atoms with Gasteiger partial charge in [-0.1, -0.05) is 28.1 Å². The lowest BCUT2D eigenvalue weighted by Gasteiger charge is -2.12. The molecule has 0 aromatic heterocycles. The van der Waals surface area contributed by atoms with Crippen LogP contribution in [0.2, 0.25) is 0 Å². The first-order valence-corrected chi connectivity index (χ1v) is 6.74. The summed E-state index contributed by atoms with van der Waals surface area (Å²) in [6, 6.07) is 15.0. The van der Waals surface area contributed by atoms with Crippen LogP contribution in [0, 0.1) is 0 Å². The zero-order valence-corrected chi connectivity index (χ0v) is 11.7. The number of nitrogens with one attached hydrogen (secondary N) is 1. The third-order valence-corrected chi connectivity index (χ3v) is 3.83. The van der Waals surface area contributed by atoms with E-state index in [0.717, 1.165) is 16.6 Å². The smallest absolute Gasteiger partial charge is 0.118 e. The molecule has 2 nitrogen and oxygen atoms in total. The predicted octanol–water partition coefficient (Wildman–Crippen LogP) is 4.17. The Hall–Kier alpha value is -1.48. The lowest BCUT2D eigenvalue weighted by Crippen LogP contribution is -2.05. The first-order chi connectivity index (χ1) is 8.76. The lowest BCUT2D eigenvalue weighted by molar-refractivity contribution is 0.414. The lowest BCUT2D eigenvalue weighted by atomic mass is 10.0. The summed E-state index contributed by atoms with van der Waals surface area (Å²) >= 11 is 3.52. The van der Waals surface area contributed by atoms with E-state index >= 15 is 0 Å². The third kappa shape index (κ3) is 2.10. The Morgan fingerprint density at radius 3 is 2.67 bits per heavy atom. The molecular formula is C15H14BrNO. The summed E-state index contributed by atoms with van der Waals surface area (Å²) in [6.07, 6.45) is 1.03. The van der Waals surface area contributed by atoms with Crippen molar-refractivity contribution in [2.75, 3.05) is 12.4 Å². The molecule has 0 saturated carbocycles. The fraction of sp³-hybridized carbons (Fsp3) is 0.200.